The Morgan fingerprint density at radius 1 is 0.564 bits per heavy atom. The summed E-state index contributed by atoms with van der Waals surface area (Å²) in [5.74, 6) is -2.46. The molecule has 1 fully saturated rings. The van der Waals surface area contributed by atoms with Gasteiger partial charge in [0.2, 0.25) is 0 Å². The van der Waals surface area contributed by atoms with Gasteiger partial charge in [-0.15, -0.1) is 0 Å². The Kier molecular flexibility index (Phi) is 32.2. The standard InChI is InChI=1S/C44H78O11/c1-3-5-7-9-11-13-15-17-18-19-21-23-25-27-29-31-33-38(46)54-36(35-53-44-41(49)39(47)40(48)42(55-44)43(50)51)34-52-37(45)32-30-28-26-24-22-20-16-14-12-10-8-6-4-2/h8,10,14,16,36,39-42,44,47-49H,3-7,9,11-13,15,17-35H2,1-2H3,(H,50,51)/b10-8-,16-14-. The fraction of sp³-hybridized carbons (Fsp3) is 0.841. The Morgan fingerprint density at radius 3 is 1.58 bits per heavy atom. The summed E-state index contributed by atoms with van der Waals surface area (Å²) in [4.78, 5) is 36.8. The molecule has 1 aliphatic rings. The normalized spacial score (nSPS) is 20.6. The van der Waals surface area contributed by atoms with Crippen LogP contribution in [-0.4, -0.2) is 88.4 Å². The topological polar surface area (TPSA) is 169 Å². The summed E-state index contributed by atoms with van der Waals surface area (Å²) in [6, 6.07) is 0. The van der Waals surface area contributed by atoms with Gasteiger partial charge in [-0.3, -0.25) is 9.59 Å². The maximum absolute atomic E-state index is 12.7. The van der Waals surface area contributed by atoms with Crippen LogP contribution in [0.5, 0.6) is 0 Å². The van der Waals surface area contributed by atoms with Gasteiger partial charge in [-0.25, -0.2) is 4.79 Å². The zero-order valence-corrected chi connectivity index (χ0v) is 34.4. The predicted molar refractivity (Wildman–Crippen MR) is 215 cm³/mol. The molecular weight excluding hydrogens is 704 g/mol. The number of carboxylic acids is 1. The minimum Gasteiger partial charge on any atom is -0.479 e. The molecule has 1 aliphatic heterocycles. The number of aliphatic hydroxyl groups excluding tert-OH is 3. The number of ether oxygens (including phenoxy) is 4. The first-order valence-corrected chi connectivity index (χ1v) is 21.9. The van der Waals surface area contributed by atoms with Gasteiger partial charge in [-0.2, -0.15) is 0 Å². The number of aliphatic carboxylic acids is 1. The van der Waals surface area contributed by atoms with Crippen LogP contribution in [0.25, 0.3) is 0 Å². The lowest BCUT2D eigenvalue weighted by Crippen LogP contribution is -2.60. The predicted octanol–water partition coefficient (Wildman–Crippen LogP) is 9.04. The van der Waals surface area contributed by atoms with Crippen LogP contribution in [0.1, 0.15) is 187 Å². The average Bonchev–Trinajstić information content (AvgIpc) is 3.17. The van der Waals surface area contributed by atoms with Crippen molar-refractivity contribution in [3.8, 4) is 0 Å². The highest BCUT2D eigenvalue weighted by atomic mass is 16.7. The number of hydrogen-bond donors (Lipinski definition) is 4. The van der Waals surface area contributed by atoms with Crippen molar-refractivity contribution in [1.82, 2.24) is 0 Å². The van der Waals surface area contributed by atoms with Crippen molar-refractivity contribution in [2.45, 2.75) is 224 Å². The zero-order chi connectivity index (χ0) is 40.4. The molecule has 320 valence electrons. The first kappa shape index (κ1) is 50.7. The van der Waals surface area contributed by atoms with E-state index in [0.29, 0.717) is 12.8 Å². The molecule has 1 saturated heterocycles. The molecule has 0 amide bonds. The van der Waals surface area contributed by atoms with Crippen LogP contribution in [0.3, 0.4) is 0 Å². The SMILES string of the molecule is CCC/C=C\C/C=C\CCCCCCCC(=O)OCC(COC1OC(C(=O)O)C(O)C(O)C1O)OC(=O)CCCCCCCCCCCCCCCCCC. The highest BCUT2D eigenvalue weighted by molar-refractivity contribution is 5.73. The summed E-state index contributed by atoms with van der Waals surface area (Å²) in [5, 5.41) is 39.8. The summed E-state index contributed by atoms with van der Waals surface area (Å²) in [6.45, 7) is 3.74. The summed E-state index contributed by atoms with van der Waals surface area (Å²) < 4.78 is 21.7. The van der Waals surface area contributed by atoms with Crippen molar-refractivity contribution < 1.29 is 53.8 Å². The molecule has 6 unspecified atom stereocenters. The Morgan fingerprint density at radius 2 is 1.05 bits per heavy atom. The molecule has 55 heavy (non-hydrogen) atoms. The van der Waals surface area contributed by atoms with Crippen LogP contribution in [0, 0.1) is 0 Å². The van der Waals surface area contributed by atoms with Crippen molar-refractivity contribution in [3.63, 3.8) is 0 Å². The molecule has 0 aromatic heterocycles. The van der Waals surface area contributed by atoms with E-state index < -0.39 is 61.3 Å². The molecule has 0 saturated carbocycles. The molecular formula is C44H78O11. The molecule has 0 aromatic rings. The van der Waals surface area contributed by atoms with Gasteiger partial charge in [0, 0.05) is 12.8 Å². The molecule has 0 aliphatic carbocycles. The fourth-order valence-corrected chi connectivity index (χ4v) is 6.56. The summed E-state index contributed by atoms with van der Waals surface area (Å²) in [5.41, 5.74) is 0. The molecule has 0 spiro atoms. The van der Waals surface area contributed by atoms with Crippen molar-refractivity contribution in [2.75, 3.05) is 13.2 Å². The van der Waals surface area contributed by atoms with Gasteiger partial charge in [-0.1, -0.05) is 160 Å². The smallest absolute Gasteiger partial charge is 0.335 e. The van der Waals surface area contributed by atoms with E-state index in [1.165, 1.54) is 83.5 Å². The second-order valence-corrected chi connectivity index (χ2v) is 15.2. The number of allylic oxidation sites excluding steroid dienone is 4. The largest absolute Gasteiger partial charge is 0.479 e. The van der Waals surface area contributed by atoms with E-state index in [1.54, 1.807) is 0 Å². The second kappa shape index (κ2) is 34.9. The number of carbonyl (C=O) groups excluding carboxylic acids is 2. The molecule has 11 nitrogen and oxygen atoms in total. The van der Waals surface area contributed by atoms with E-state index in [-0.39, 0.29) is 19.4 Å². The van der Waals surface area contributed by atoms with Crippen LogP contribution in [0.4, 0.5) is 0 Å². The lowest BCUT2D eigenvalue weighted by Gasteiger charge is -2.38. The molecule has 1 heterocycles. The number of rotatable bonds is 36. The maximum atomic E-state index is 12.7. The summed E-state index contributed by atoms with van der Waals surface area (Å²) >= 11 is 0. The van der Waals surface area contributed by atoms with E-state index in [0.717, 1.165) is 64.2 Å². The Balaban J connectivity index is 2.38. The zero-order valence-electron chi connectivity index (χ0n) is 34.4. The Labute approximate surface area is 332 Å². The highest BCUT2D eigenvalue weighted by Gasteiger charge is 2.47. The van der Waals surface area contributed by atoms with Gasteiger partial charge < -0.3 is 39.4 Å². The minimum atomic E-state index is -1.86. The third-order valence-corrected chi connectivity index (χ3v) is 10.0. The first-order chi connectivity index (χ1) is 26.7. The van der Waals surface area contributed by atoms with Crippen LogP contribution in [0.2, 0.25) is 0 Å². The maximum Gasteiger partial charge on any atom is 0.335 e. The number of carboxylic acid groups (broad SMARTS) is 1. The molecule has 0 aromatic carbocycles. The van der Waals surface area contributed by atoms with E-state index in [9.17, 15) is 34.8 Å². The van der Waals surface area contributed by atoms with E-state index in [4.69, 9.17) is 18.9 Å². The first-order valence-electron chi connectivity index (χ1n) is 21.9. The number of esters is 2. The molecule has 6 atom stereocenters. The fourth-order valence-electron chi connectivity index (χ4n) is 6.56. The quantitative estimate of drug-likeness (QED) is 0.0272. The minimum absolute atomic E-state index is 0.184. The van der Waals surface area contributed by atoms with Crippen LogP contribution in [0.15, 0.2) is 24.3 Å². The third-order valence-electron chi connectivity index (χ3n) is 10.0. The van der Waals surface area contributed by atoms with E-state index >= 15 is 0 Å². The van der Waals surface area contributed by atoms with Crippen LogP contribution < -0.4 is 0 Å². The van der Waals surface area contributed by atoms with Crippen molar-refractivity contribution in [1.29, 1.82) is 0 Å². The van der Waals surface area contributed by atoms with Crippen molar-refractivity contribution in [2.24, 2.45) is 0 Å². The van der Waals surface area contributed by atoms with Crippen molar-refractivity contribution in [3.05, 3.63) is 24.3 Å². The highest BCUT2D eigenvalue weighted by Crippen LogP contribution is 2.23. The molecule has 1 rings (SSSR count). The van der Waals surface area contributed by atoms with Gasteiger partial charge in [0.15, 0.2) is 18.5 Å². The number of carbonyl (C=O) groups is 3. The average molecular weight is 783 g/mol. The molecule has 4 N–H and O–H groups in total. The Bertz CT molecular complexity index is 1020. The summed E-state index contributed by atoms with van der Waals surface area (Å²) in [6.07, 6.45) is 28.0. The number of unbranched alkanes of at least 4 members (excludes halogenated alkanes) is 21. The third kappa shape index (κ3) is 27.0. The van der Waals surface area contributed by atoms with Gasteiger partial charge in [0.05, 0.1) is 6.61 Å². The van der Waals surface area contributed by atoms with Crippen molar-refractivity contribution >= 4 is 17.9 Å². The second-order valence-electron chi connectivity index (χ2n) is 15.2. The van der Waals surface area contributed by atoms with Gasteiger partial charge >= 0.3 is 17.9 Å². The van der Waals surface area contributed by atoms with E-state index in [2.05, 4.69) is 38.2 Å². The molecule has 0 radical (unpaired) electrons. The summed E-state index contributed by atoms with van der Waals surface area (Å²) in [7, 11) is 0. The monoisotopic (exact) mass is 783 g/mol. The molecule has 0 bridgehead atoms. The van der Waals surface area contributed by atoms with Crippen LogP contribution in [-0.2, 0) is 33.3 Å². The Hall–Kier alpha value is -2.31. The number of aliphatic hydroxyl groups is 3. The lowest BCUT2D eigenvalue weighted by atomic mass is 9.99. The van der Waals surface area contributed by atoms with Gasteiger partial charge in [0.1, 0.15) is 24.9 Å². The molecule has 11 heteroatoms. The van der Waals surface area contributed by atoms with Gasteiger partial charge in [-0.05, 0) is 38.5 Å². The number of hydrogen-bond acceptors (Lipinski definition) is 10. The van der Waals surface area contributed by atoms with Crippen LogP contribution >= 0.6 is 0 Å². The van der Waals surface area contributed by atoms with Gasteiger partial charge in [0.25, 0.3) is 0 Å². The van der Waals surface area contributed by atoms with E-state index in [1.807, 2.05) is 0 Å². The lowest BCUT2D eigenvalue weighted by molar-refractivity contribution is -0.298.